The number of carbonyl (C=O) groups is 1. The highest BCUT2D eigenvalue weighted by molar-refractivity contribution is 6.09. The molecule has 2 aliphatic rings. The van der Waals surface area contributed by atoms with Crippen LogP contribution in [0.5, 0.6) is 0 Å². The number of ether oxygens (including phenoxy) is 1. The lowest BCUT2D eigenvalue weighted by atomic mass is 9.92. The molecule has 0 spiro atoms. The molecule has 2 heterocycles. The molecule has 20 heavy (non-hydrogen) atoms. The summed E-state index contributed by atoms with van der Waals surface area (Å²) in [4.78, 5) is 12.5. The Balaban J connectivity index is 1.72. The average molecular weight is 262 g/mol. The molecule has 0 amide bonds. The molecule has 2 nitrogen and oxygen atoms in total. The van der Waals surface area contributed by atoms with Gasteiger partial charge in [-0.25, -0.2) is 0 Å². The van der Waals surface area contributed by atoms with Gasteiger partial charge in [0.15, 0.2) is 5.78 Å². The van der Waals surface area contributed by atoms with Crippen molar-refractivity contribution in [3.8, 4) is 0 Å². The van der Waals surface area contributed by atoms with Crippen LogP contribution in [0.15, 0.2) is 54.6 Å². The molecular formula is C18H14O2. The third-order valence-electron chi connectivity index (χ3n) is 4.03. The van der Waals surface area contributed by atoms with Crippen LogP contribution in [0.25, 0.3) is 0 Å². The second-order valence-corrected chi connectivity index (χ2v) is 5.40. The summed E-state index contributed by atoms with van der Waals surface area (Å²) >= 11 is 0. The summed E-state index contributed by atoms with van der Waals surface area (Å²) in [5, 5.41) is 0. The molecule has 2 unspecified atom stereocenters. The van der Waals surface area contributed by atoms with Crippen LogP contribution < -0.4 is 0 Å². The zero-order chi connectivity index (χ0) is 13.7. The van der Waals surface area contributed by atoms with Crippen LogP contribution in [0, 0.1) is 6.92 Å². The SMILES string of the molecule is Cc1ccc(C(=O)c2ccc3c(c2)C2C=CC3O2)cc1. The molecule has 2 heteroatoms. The number of rotatable bonds is 2. The maximum atomic E-state index is 12.5. The zero-order valence-electron chi connectivity index (χ0n) is 11.2. The average Bonchev–Trinajstić information content (AvgIpc) is 3.09. The largest absolute Gasteiger partial charge is 0.357 e. The summed E-state index contributed by atoms with van der Waals surface area (Å²) in [6.07, 6.45) is 4.25. The fourth-order valence-corrected chi connectivity index (χ4v) is 2.90. The van der Waals surface area contributed by atoms with Crippen molar-refractivity contribution in [2.45, 2.75) is 19.1 Å². The Labute approximate surface area is 117 Å². The lowest BCUT2D eigenvalue weighted by molar-refractivity contribution is 0.0878. The van der Waals surface area contributed by atoms with Crippen molar-refractivity contribution in [2.75, 3.05) is 0 Å². The van der Waals surface area contributed by atoms with Gasteiger partial charge in [0.05, 0.1) is 0 Å². The summed E-state index contributed by atoms with van der Waals surface area (Å²) < 4.78 is 5.78. The topological polar surface area (TPSA) is 26.3 Å². The zero-order valence-corrected chi connectivity index (χ0v) is 11.2. The van der Waals surface area contributed by atoms with E-state index in [9.17, 15) is 4.79 Å². The van der Waals surface area contributed by atoms with Crippen LogP contribution in [-0.2, 0) is 4.74 Å². The highest BCUT2D eigenvalue weighted by Crippen LogP contribution is 2.45. The fourth-order valence-electron chi connectivity index (χ4n) is 2.90. The van der Waals surface area contributed by atoms with Crippen LogP contribution in [0.1, 0.15) is 44.8 Å². The van der Waals surface area contributed by atoms with Crippen molar-refractivity contribution in [3.63, 3.8) is 0 Å². The maximum Gasteiger partial charge on any atom is 0.193 e. The first kappa shape index (κ1) is 11.6. The number of hydrogen-bond donors (Lipinski definition) is 0. The van der Waals surface area contributed by atoms with Crippen molar-refractivity contribution in [3.05, 3.63) is 82.4 Å². The molecule has 2 aromatic carbocycles. The van der Waals surface area contributed by atoms with Gasteiger partial charge in [0.2, 0.25) is 0 Å². The summed E-state index contributed by atoms with van der Waals surface area (Å²) in [6, 6.07) is 13.6. The molecule has 0 N–H and O–H groups in total. The van der Waals surface area contributed by atoms with Crippen molar-refractivity contribution in [1.29, 1.82) is 0 Å². The van der Waals surface area contributed by atoms with Gasteiger partial charge in [-0.15, -0.1) is 0 Å². The third-order valence-corrected chi connectivity index (χ3v) is 4.03. The van der Waals surface area contributed by atoms with Crippen LogP contribution in [0.3, 0.4) is 0 Å². The Kier molecular flexibility index (Phi) is 2.41. The number of benzene rings is 2. The number of fused-ring (bicyclic) bond motifs is 5. The molecule has 98 valence electrons. The Hall–Kier alpha value is -2.19. The highest BCUT2D eigenvalue weighted by Gasteiger charge is 2.33. The first-order chi connectivity index (χ1) is 9.72. The van der Waals surface area contributed by atoms with E-state index in [2.05, 4.69) is 12.2 Å². The standard InChI is InChI=1S/C18H14O2/c1-11-2-4-12(5-3-11)18(19)13-6-7-14-15(10-13)17-9-8-16(14)20-17/h2-10,16-17H,1H3. The van der Waals surface area contributed by atoms with Gasteiger partial charge >= 0.3 is 0 Å². The summed E-state index contributed by atoms with van der Waals surface area (Å²) in [5.74, 6) is 0.0690. The van der Waals surface area contributed by atoms with E-state index < -0.39 is 0 Å². The van der Waals surface area contributed by atoms with Gasteiger partial charge in [-0.3, -0.25) is 4.79 Å². The Morgan fingerprint density at radius 3 is 2.30 bits per heavy atom. The number of ketones is 1. The fraction of sp³-hybridized carbons (Fsp3) is 0.167. The number of aryl methyl sites for hydroxylation is 1. The van der Waals surface area contributed by atoms with Crippen LogP contribution in [-0.4, -0.2) is 5.78 Å². The predicted octanol–water partition coefficient (Wildman–Crippen LogP) is 3.91. The highest BCUT2D eigenvalue weighted by atomic mass is 16.5. The molecule has 0 radical (unpaired) electrons. The summed E-state index contributed by atoms with van der Waals surface area (Å²) in [7, 11) is 0. The second-order valence-electron chi connectivity index (χ2n) is 5.40. The van der Waals surface area contributed by atoms with E-state index >= 15 is 0 Å². The first-order valence-electron chi connectivity index (χ1n) is 6.81. The van der Waals surface area contributed by atoms with E-state index in [-0.39, 0.29) is 18.0 Å². The molecule has 0 saturated heterocycles. The molecule has 2 aliphatic heterocycles. The quantitative estimate of drug-likeness (QED) is 0.606. The maximum absolute atomic E-state index is 12.5. The molecule has 2 bridgehead atoms. The van der Waals surface area contributed by atoms with Crippen molar-refractivity contribution >= 4 is 5.78 Å². The van der Waals surface area contributed by atoms with E-state index in [0.717, 1.165) is 22.3 Å². The Morgan fingerprint density at radius 2 is 1.55 bits per heavy atom. The summed E-state index contributed by atoms with van der Waals surface area (Å²) in [6.45, 7) is 2.02. The third kappa shape index (κ3) is 1.65. The smallest absolute Gasteiger partial charge is 0.193 e. The van der Waals surface area contributed by atoms with Gasteiger partial charge in [0.1, 0.15) is 12.2 Å². The Morgan fingerprint density at radius 1 is 0.900 bits per heavy atom. The predicted molar refractivity (Wildman–Crippen MR) is 76.8 cm³/mol. The van der Waals surface area contributed by atoms with E-state index in [4.69, 9.17) is 4.74 Å². The molecule has 4 rings (SSSR count). The molecule has 2 atom stereocenters. The molecule has 0 saturated carbocycles. The Bertz CT molecular complexity index is 726. The first-order valence-corrected chi connectivity index (χ1v) is 6.81. The van der Waals surface area contributed by atoms with Gasteiger partial charge in [-0.2, -0.15) is 0 Å². The van der Waals surface area contributed by atoms with Crippen LogP contribution in [0.4, 0.5) is 0 Å². The molecule has 2 aromatic rings. The summed E-state index contributed by atoms with van der Waals surface area (Å²) in [5.41, 5.74) is 4.95. The number of carbonyl (C=O) groups excluding carboxylic acids is 1. The monoisotopic (exact) mass is 262 g/mol. The van der Waals surface area contributed by atoms with E-state index in [1.54, 1.807) is 0 Å². The molecule has 0 aromatic heterocycles. The van der Waals surface area contributed by atoms with Crippen LogP contribution >= 0.6 is 0 Å². The lowest BCUT2D eigenvalue weighted by Crippen LogP contribution is -2.03. The van der Waals surface area contributed by atoms with Crippen molar-refractivity contribution in [1.82, 2.24) is 0 Å². The van der Waals surface area contributed by atoms with Gasteiger partial charge in [0.25, 0.3) is 0 Å². The van der Waals surface area contributed by atoms with Gasteiger partial charge in [-0.05, 0) is 24.1 Å². The van der Waals surface area contributed by atoms with Crippen LogP contribution in [0.2, 0.25) is 0 Å². The van der Waals surface area contributed by atoms with Crippen molar-refractivity contribution < 1.29 is 9.53 Å². The van der Waals surface area contributed by atoms with E-state index in [1.807, 2.05) is 49.4 Å². The molecule has 0 fully saturated rings. The molecule has 0 aliphatic carbocycles. The van der Waals surface area contributed by atoms with Gasteiger partial charge in [-0.1, -0.05) is 54.1 Å². The van der Waals surface area contributed by atoms with Gasteiger partial charge < -0.3 is 4.74 Å². The van der Waals surface area contributed by atoms with E-state index in [0.29, 0.717) is 0 Å². The second kappa shape index (κ2) is 4.15. The number of hydrogen-bond acceptors (Lipinski definition) is 2. The molecular weight excluding hydrogens is 248 g/mol. The lowest BCUT2D eigenvalue weighted by Gasteiger charge is -2.09. The van der Waals surface area contributed by atoms with E-state index in [1.165, 1.54) is 5.56 Å². The minimum atomic E-state index is 0.0285. The normalized spacial score (nSPS) is 22.1. The van der Waals surface area contributed by atoms with Crippen molar-refractivity contribution in [2.24, 2.45) is 0 Å². The minimum absolute atomic E-state index is 0.0285. The van der Waals surface area contributed by atoms with Gasteiger partial charge in [0, 0.05) is 11.1 Å². The minimum Gasteiger partial charge on any atom is -0.357 e.